The molecule has 3 rings (SSSR count). The standard InChI is InChI=1S/C22H20F4N2O/c1-14-16-9-6-10-17(23)19(16)27-12-18(14)28-20(29)21(2,13-22(24,25)26)11-15-7-4-3-5-8-15/h3-10,12H,11,13H2,1-2H3,(H,28,29)/t21-/m1/s1. The molecule has 152 valence electrons. The number of aromatic nitrogens is 1. The number of hydrogen-bond donors (Lipinski definition) is 1. The lowest BCUT2D eigenvalue weighted by Gasteiger charge is -2.30. The summed E-state index contributed by atoms with van der Waals surface area (Å²) in [5, 5.41) is 3.07. The maximum atomic E-state index is 13.9. The first-order valence-electron chi connectivity index (χ1n) is 9.05. The molecule has 1 amide bonds. The van der Waals surface area contributed by atoms with Crippen LogP contribution in [0.4, 0.5) is 23.2 Å². The third-order valence-corrected chi connectivity index (χ3v) is 4.94. The van der Waals surface area contributed by atoms with Crippen LogP contribution in [0.2, 0.25) is 0 Å². The van der Waals surface area contributed by atoms with Crippen LogP contribution in [-0.4, -0.2) is 17.1 Å². The molecule has 2 aromatic carbocycles. The fraction of sp³-hybridized carbons (Fsp3) is 0.273. The summed E-state index contributed by atoms with van der Waals surface area (Å²) in [6.45, 7) is 2.96. The minimum Gasteiger partial charge on any atom is -0.324 e. The van der Waals surface area contributed by atoms with E-state index >= 15 is 0 Å². The molecule has 1 aromatic heterocycles. The molecule has 3 nitrogen and oxygen atoms in total. The predicted molar refractivity (Wildman–Crippen MR) is 104 cm³/mol. The molecule has 0 saturated heterocycles. The highest BCUT2D eigenvalue weighted by molar-refractivity contribution is 5.98. The first-order valence-corrected chi connectivity index (χ1v) is 9.05. The van der Waals surface area contributed by atoms with E-state index in [0.29, 0.717) is 16.5 Å². The Morgan fingerprint density at radius 1 is 1.07 bits per heavy atom. The molecule has 0 aliphatic rings. The normalized spacial score (nSPS) is 13.9. The summed E-state index contributed by atoms with van der Waals surface area (Å²) in [5.74, 6) is -1.27. The van der Waals surface area contributed by atoms with Crippen molar-refractivity contribution in [3.63, 3.8) is 0 Å². The highest BCUT2D eigenvalue weighted by atomic mass is 19.4. The maximum Gasteiger partial charge on any atom is 0.390 e. The Balaban J connectivity index is 1.94. The zero-order valence-electron chi connectivity index (χ0n) is 16.0. The average Bonchev–Trinajstić information content (AvgIpc) is 2.63. The molecule has 7 heteroatoms. The van der Waals surface area contributed by atoms with Gasteiger partial charge in [0, 0.05) is 5.39 Å². The van der Waals surface area contributed by atoms with Gasteiger partial charge in [0.05, 0.1) is 23.7 Å². The number of anilines is 1. The van der Waals surface area contributed by atoms with E-state index in [4.69, 9.17) is 0 Å². The lowest BCUT2D eigenvalue weighted by atomic mass is 9.79. The molecule has 0 aliphatic heterocycles. The van der Waals surface area contributed by atoms with Gasteiger partial charge in [-0.1, -0.05) is 49.4 Å². The molecule has 0 bridgehead atoms. The van der Waals surface area contributed by atoms with Crippen molar-refractivity contribution in [2.24, 2.45) is 5.41 Å². The fourth-order valence-corrected chi connectivity index (χ4v) is 3.43. The largest absolute Gasteiger partial charge is 0.390 e. The Kier molecular flexibility index (Phi) is 5.59. The molecule has 0 saturated carbocycles. The van der Waals surface area contributed by atoms with Gasteiger partial charge in [-0.25, -0.2) is 4.39 Å². The molecule has 3 aromatic rings. The number of halogens is 4. The van der Waals surface area contributed by atoms with Crippen molar-refractivity contribution in [1.82, 2.24) is 4.98 Å². The number of amides is 1. The van der Waals surface area contributed by atoms with E-state index in [1.54, 1.807) is 43.3 Å². The Morgan fingerprint density at radius 3 is 2.41 bits per heavy atom. The molecule has 0 fully saturated rings. The topological polar surface area (TPSA) is 42.0 Å². The summed E-state index contributed by atoms with van der Waals surface area (Å²) in [6, 6.07) is 13.0. The van der Waals surface area contributed by atoms with Gasteiger partial charge < -0.3 is 5.32 Å². The van der Waals surface area contributed by atoms with Crippen molar-refractivity contribution < 1.29 is 22.4 Å². The van der Waals surface area contributed by atoms with Gasteiger partial charge in [-0.2, -0.15) is 13.2 Å². The number of pyridine rings is 1. The number of hydrogen-bond acceptors (Lipinski definition) is 2. The molecule has 0 unspecified atom stereocenters. The lowest BCUT2D eigenvalue weighted by Crippen LogP contribution is -2.39. The maximum absolute atomic E-state index is 13.9. The second-order valence-corrected chi connectivity index (χ2v) is 7.40. The number of benzene rings is 2. The van der Waals surface area contributed by atoms with Crippen LogP contribution in [0.25, 0.3) is 10.9 Å². The average molecular weight is 404 g/mol. The van der Waals surface area contributed by atoms with Crippen molar-refractivity contribution in [3.8, 4) is 0 Å². The summed E-state index contributed by atoms with van der Waals surface area (Å²) in [4.78, 5) is 17.0. The summed E-state index contributed by atoms with van der Waals surface area (Å²) >= 11 is 0. The number of carbonyl (C=O) groups is 1. The molecular weight excluding hydrogens is 384 g/mol. The van der Waals surface area contributed by atoms with Gasteiger partial charge >= 0.3 is 6.18 Å². The van der Waals surface area contributed by atoms with E-state index < -0.39 is 29.7 Å². The highest BCUT2D eigenvalue weighted by Crippen LogP contribution is 2.38. The Hall–Kier alpha value is -2.96. The second-order valence-electron chi connectivity index (χ2n) is 7.40. The first-order chi connectivity index (χ1) is 13.6. The van der Waals surface area contributed by atoms with Crippen molar-refractivity contribution in [2.75, 3.05) is 5.32 Å². The second kappa shape index (κ2) is 7.81. The van der Waals surface area contributed by atoms with Crippen LogP contribution in [0.15, 0.2) is 54.7 Å². The van der Waals surface area contributed by atoms with Gasteiger partial charge in [0.1, 0.15) is 11.3 Å². The summed E-state index contributed by atoms with van der Waals surface area (Å²) < 4.78 is 53.7. The van der Waals surface area contributed by atoms with Gasteiger partial charge in [-0.3, -0.25) is 9.78 Å². The van der Waals surface area contributed by atoms with Crippen LogP contribution in [0.5, 0.6) is 0 Å². The number of nitrogens with one attached hydrogen (secondary N) is 1. The monoisotopic (exact) mass is 404 g/mol. The van der Waals surface area contributed by atoms with E-state index in [-0.39, 0.29) is 17.6 Å². The number of aryl methyl sites for hydroxylation is 1. The minimum atomic E-state index is -4.51. The third-order valence-electron chi connectivity index (χ3n) is 4.94. The zero-order chi connectivity index (χ0) is 21.2. The number of alkyl halides is 3. The fourth-order valence-electron chi connectivity index (χ4n) is 3.43. The van der Waals surface area contributed by atoms with Gasteiger partial charge in [0.15, 0.2) is 0 Å². The smallest absolute Gasteiger partial charge is 0.324 e. The quantitative estimate of drug-likeness (QED) is 0.544. The number of rotatable bonds is 5. The van der Waals surface area contributed by atoms with Crippen LogP contribution in [0.1, 0.15) is 24.5 Å². The van der Waals surface area contributed by atoms with Crippen LogP contribution in [0, 0.1) is 18.2 Å². The van der Waals surface area contributed by atoms with Crippen LogP contribution in [0.3, 0.4) is 0 Å². The molecule has 0 radical (unpaired) electrons. The van der Waals surface area contributed by atoms with Crippen molar-refractivity contribution in [3.05, 3.63) is 71.7 Å². The van der Waals surface area contributed by atoms with Crippen LogP contribution < -0.4 is 5.32 Å². The van der Waals surface area contributed by atoms with E-state index in [2.05, 4.69) is 10.3 Å². The molecule has 1 heterocycles. The number of fused-ring (bicyclic) bond motifs is 1. The van der Waals surface area contributed by atoms with Crippen LogP contribution >= 0.6 is 0 Å². The number of para-hydroxylation sites is 1. The summed E-state index contributed by atoms with van der Waals surface area (Å²) in [5.41, 5.74) is -0.148. The molecule has 1 N–H and O–H groups in total. The van der Waals surface area contributed by atoms with E-state index in [9.17, 15) is 22.4 Å². The van der Waals surface area contributed by atoms with Gasteiger partial charge in [-0.05, 0) is 30.5 Å². The van der Waals surface area contributed by atoms with E-state index in [1.165, 1.54) is 25.3 Å². The van der Waals surface area contributed by atoms with E-state index in [0.717, 1.165) is 0 Å². The number of carbonyl (C=O) groups excluding carboxylic acids is 1. The van der Waals surface area contributed by atoms with Gasteiger partial charge in [-0.15, -0.1) is 0 Å². The molecule has 0 aliphatic carbocycles. The Bertz CT molecular complexity index is 1030. The minimum absolute atomic E-state index is 0.0755. The van der Waals surface area contributed by atoms with Crippen LogP contribution in [-0.2, 0) is 11.2 Å². The van der Waals surface area contributed by atoms with Gasteiger partial charge in [0.2, 0.25) is 5.91 Å². The van der Waals surface area contributed by atoms with Crippen molar-refractivity contribution in [2.45, 2.75) is 32.9 Å². The SMILES string of the molecule is Cc1c(NC(=O)[C@](C)(Cc2ccccc2)CC(F)(F)F)cnc2c(F)cccc12. The summed E-state index contributed by atoms with van der Waals surface area (Å²) in [6.07, 6.45) is -4.58. The van der Waals surface area contributed by atoms with E-state index in [1.807, 2.05) is 0 Å². The number of nitrogens with zero attached hydrogens (tertiary/aromatic N) is 1. The zero-order valence-corrected chi connectivity index (χ0v) is 16.0. The Labute approximate surface area is 165 Å². The molecule has 1 atom stereocenters. The van der Waals surface area contributed by atoms with Crippen molar-refractivity contribution >= 4 is 22.5 Å². The lowest BCUT2D eigenvalue weighted by molar-refractivity contribution is -0.164. The highest BCUT2D eigenvalue weighted by Gasteiger charge is 2.44. The molecular formula is C22H20F4N2O. The first kappa shape index (κ1) is 20.8. The Morgan fingerprint density at radius 2 is 1.76 bits per heavy atom. The third kappa shape index (κ3) is 4.72. The predicted octanol–water partition coefficient (Wildman–Crippen LogP) is 5.82. The molecule has 29 heavy (non-hydrogen) atoms. The van der Waals surface area contributed by atoms with Crippen molar-refractivity contribution in [1.29, 1.82) is 0 Å². The van der Waals surface area contributed by atoms with Gasteiger partial charge in [0.25, 0.3) is 0 Å². The summed E-state index contributed by atoms with van der Waals surface area (Å²) in [7, 11) is 0. The molecule has 0 spiro atoms.